The van der Waals surface area contributed by atoms with Crippen molar-refractivity contribution in [1.82, 2.24) is 4.98 Å². The molecule has 0 atom stereocenters. The van der Waals surface area contributed by atoms with E-state index in [0.717, 1.165) is 11.4 Å². The highest BCUT2D eigenvalue weighted by Crippen LogP contribution is 2.40. The molecule has 2 N–H and O–H groups in total. The largest absolute Gasteiger partial charge is 0.493 e. The maximum Gasteiger partial charge on any atom is 0.413 e. The third-order valence-corrected chi connectivity index (χ3v) is 3.35. The number of hydrogen-bond acceptors (Lipinski definition) is 7. The lowest BCUT2D eigenvalue weighted by molar-refractivity contribution is 0.0635. The van der Waals surface area contributed by atoms with E-state index in [2.05, 4.69) is 15.6 Å². The van der Waals surface area contributed by atoms with Crippen molar-refractivity contribution in [3.8, 4) is 17.2 Å². The molecule has 0 fully saturated rings. The van der Waals surface area contributed by atoms with Crippen LogP contribution >= 0.6 is 0 Å². The van der Waals surface area contributed by atoms with Gasteiger partial charge in [0.1, 0.15) is 11.4 Å². The van der Waals surface area contributed by atoms with Crippen LogP contribution < -0.4 is 24.8 Å². The molecule has 27 heavy (non-hydrogen) atoms. The lowest BCUT2D eigenvalue weighted by atomic mass is 10.2. The van der Waals surface area contributed by atoms with Crippen molar-refractivity contribution < 1.29 is 23.7 Å². The molecule has 8 heteroatoms. The van der Waals surface area contributed by atoms with Crippen molar-refractivity contribution in [2.45, 2.75) is 26.4 Å². The van der Waals surface area contributed by atoms with Gasteiger partial charge in [-0.2, -0.15) is 0 Å². The molecule has 2 aromatic rings. The van der Waals surface area contributed by atoms with Gasteiger partial charge in [0, 0.05) is 17.8 Å². The van der Waals surface area contributed by atoms with Gasteiger partial charge in [-0.05, 0) is 32.9 Å². The Morgan fingerprint density at radius 3 is 2.04 bits per heavy atom. The molecule has 1 aromatic heterocycles. The maximum absolute atomic E-state index is 11.8. The Labute approximate surface area is 158 Å². The highest BCUT2D eigenvalue weighted by molar-refractivity contribution is 5.83. The second-order valence-electron chi connectivity index (χ2n) is 6.60. The van der Waals surface area contributed by atoms with E-state index < -0.39 is 11.7 Å². The summed E-state index contributed by atoms with van der Waals surface area (Å²) < 4.78 is 21.2. The Hall–Kier alpha value is -3.16. The molecule has 0 saturated carbocycles. The first-order valence-electron chi connectivity index (χ1n) is 8.29. The minimum Gasteiger partial charge on any atom is -0.493 e. The van der Waals surface area contributed by atoms with Gasteiger partial charge < -0.3 is 24.3 Å². The lowest BCUT2D eigenvalue weighted by Gasteiger charge is -2.19. The summed E-state index contributed by atoms with van der Waals surface area (Å²) in [6.07, 6.45) is 1.04. The monoisotopic (exact) mass is 375 g/mol. The summed E-state index contributed by atoms with van der Waals surface area (Å²) in [5, 5.41) is 5.79. The van der Waals surface area contributed by atoms with Crippen molar-refractivity contribution in [1.29, 1.82) is 0 Å². The molecule has 146 valence electrons. The van der Waals surface area contributed by atoms with Crippen LogP contribution in [0.3, 0.4) is 0 Å². The molecule has 0 spiro atoms. The number of aromatic nitrogens is 1. The zero-order valence-electron chi connectivity index (χ0n) is 16.4. The normalized spacial score (nSPS) is 10.7. The molecule has 0 unspecified atom stereocenters. The maximum atomic E-state index is 11.8. The van der Waals surface area contributed by atoms with E-state index >= 15 is 0 Å². The zero-order valence-corrected chi connectivity index (χ0v) is 16.4. The topological polar surface area (TPSA) is 90.9 Å². The summed E-state index contributed by atoms with van der Waals surface area (Å²) >= 11 is 0. The van der Waals surface area contributed by atoms with Crippen LogP contribution in [0.15, 0.2) is 30.5 Å². The van der Waals surface area contributed by atoms with Crippen LogP contribution in [0.2, 0.25) is 0 Å². The first-order chi connectivity index (χ1) is 12.8. The van der Waals surface area contributed by atoms with Gasteiger partial charge in [-0.3, -0.25) is 5.32 Å². The van der Waals surface area contributed by atoms with Gasteiger partial charge in [0.15, 0.2) is 11.5 Å². The Balaban J connectivity index is 2.11. The van der Waals surface area contributed by atoms with E-state index in [4.69, 9.17) is 18.9 Å². The van der Waals surface area contributed by atoms with Crippen LogP contribution in [0.25, 0.3) is 0 Å². The fraction of sp³-hybridized carbons (Fsp3) is 0.368. The number of nitrogens with zero attached hydrogens (tertiary/aromatic N) is 1. The third-order valence-electron chi connectivity index (χ3n) is 3.35. The van der Waals surface area contributed by atoms with E-state index in [0.29, 0.717) is 23.1 Å². The standard InChI is InChI=1S/C19H25N3O5/c1-19(2,3)27-18(23)22-16-8-7-12(11-20-16)21-13-9-14(24-4)17(26-6)15(10-13)25-5/h7-11,21H,1-6H3,(H,20,22,23). The molecule has 8 nitrogen and oxygen atoms in total. The Morgan fingerprint density at radius 2 is 1.59 bits per heavy atom. The number of hydrogen-bond donors (Lipinski definition) is 2. The lowest BCUT2D eigenvalue weighted by Crippen LogP contribution is -2.27. The predicted molar refractivity (Wildman–Crippen MR) is 103 cm³/mol. The molecule has 1 heterocycles. The van der Waals surface area contributed by atoms with Crippen molar-refractivity contribution in [2.24, 2.45) is 0 Å². The van der Waals surface area contributed by atoms with Crippen LogP contribution in [-0.2, 0) is 4.74 Å². The predicted octanol–water partition coefficient (Wildman–Crippen LogP) is 4.20. The van der Waals surface area contributed by atoms with Crippen molar-refractivity contribution in [3.63, 3.8) is 0 Å². The minimum atomic E-state index is -0.571. The minimum absolute atomic E-state index is 0.389. The Kier molecular flexibility index (Phi) is 6.33. The van der Waals surface area contributed by atoms with E-state index in [1.165, 1.54) is 0 Å². The van der Waals surface area contributed by atoms with Crippen LogP contribution in [0.1, 0.15) is 20.8 Å². The third kappa shape index (κ3) is 5.67. The average molecular weight is 375 g/mol. The highest BCUT2D eigenvalue weighted by atomic mass is 16.6. The summed E-state index contributed by atoms with van der Waals surface area (Å²) in [5.41, 5.74) is 0.885. The van der Waals surface area contributed by atoms with Gasteiger partial charge in [-0.15, -0.1) is 0 Å². The number of carbonyl (C=O) groups excluding carboxylic acids is 1. The number of anilines is 3. The molecule has 0 aliphatic carbocycles. The van der Waals surface area contributed by atoms with Crippen LogP contribution in [-0.4, -0.2) is 38.0 Å². The number of ether oxygens (including phenoxy) is 4. The molecule has 1 aromatic carbocycles. The van der Waals surface area contributed by atoms with E-state index in [1.54, 1.807) is 72.6 Å². The SMILES string of the molecule is COc1cc(Nc2ccc(NC(=O)OC(C)(C)C)nc2)cc(OC)c1OC. The summed E-state index contributed by atoms with van der Waals surface area (Å²) in [7, 11) is 4.66. The van der Waals surface area contributed by atoms with Crippen LogP contribution in [0.4, 0.5) is 22.0 Å². The Bertz CT molecular complexity index is 760. The van der Waals surface area contributed by atoms with Gasteiger partial charge in [-0.1, -0.05) is 0 Å². The second-order valence-corrected chi connectivity index (χ2v) is 6.60. The average Bonchev–Trinajstić information content (AvgIpc) is 2.60. The Morgan fingerprint density at radius 1 is 0.963 bits per heavy atom. The molecule has 0 bridgehead atoms. The molecular formula is C19H25N3O5. The van der Waals surface area contributed by atoms with Crippen LogP contribution in [0, 0.1) is 0 Å². The fourth-order valence-electron chi connectivity index (χ4n) is 2.27. The molecule has 2 rings (SSSR count). The fourth-order valence-corrected chi connectivity index (χ4v) is 2.27. The number of pyridine rings is 1. The summed E-state index contributed by atoms with van der Waals surface area (Å²) in [6, 6.07) is 7.02. The van der Waals surface area contributed by atoms with Crippen LogP contribution in [0.5, 0.6) is 17.2 Å². The number of methoxy groups -OCH3 is 3. The second kappa shape index (κ2) is 8.48. The van der Waals surface area contributed by atoms with Crippen molar-refractivity contribution >= 4 is 23.3 Å². The summed E-state index contributed by atoms with van der Waals surface area (Å²) in [4.78, 5) is 16.0. The smallest absolute Gasteiger partial charge is 0.413 e. The molecule has 1 amide bonds. The number of carbonyl (C=O) groups is 1. The number of amides is 1. The summed E-state index contributed by atoms with van der Waals surface area (Å²) in [5.74, 6) is 1.98. The van der Waals surface area contributed by atoms with E-state index in [9.17, 15) is 4.79 Å². The van der Waals surface area contributed by atoms with Crippen molar-refractivity contribution in [3.05, 3.63) is 30.5 Å². The number of nitrogens with one attached hydrogen (secondary N) is 2. The molecule has 0 aliphatic rings. The molecular weight excluding hydrogens is 350 g/mol. The zero-order chi connectivity index (χ0) is 20.0. The molecule has 0 radical (unpaired) electrons. The van der Waals surface area contributed by atoms with Gasteiger partial charge in [0.05, 0.1) is 33.2 Å². The first kappa shape index (κ1) is 20.2. The van der Waals surface area contributed by atoms with Gasteiger partial charge in [0.25, 0.3) is 0 Å². The van der Waals surface area contributed by atoms with E-state index in [1.807, 2.05) is 0 Å². The molecule has 0 saturated heterocycles. The quantitative estimate of drug-likeness (QED) is 0.782. The number of rotatable bonds is 6. The highest BCUT2D eigenvalue weighted by Gasteiger charge is 2.17. The molecule has 0 aliphatic heterocycles. The van der Waals surface area contributed by atoms with E-state index in [-0.39, 0.29) is 0 Å². The van der Waals surface area contributed by atoms with Gasteiger partial charge in [0.2, 0.25) is 5.75 Å². The number of benzene rings is 1. The first-order valence-corrected chi connectivity index (χ1v) is 8.29. The van der Waals surface area contributed by atoms with Gasteiger partial charge >= 0.3 is 6.09 Å². The van der Waals surface area contributed by atoms with Crippen molar-refractivity contribution in [2.75, 3.05) is 32.0 Å². The summed E-state index contributed by atoms with van der Waals surface area (Å²) in [6.45, 7) is 5.39. The van der Waals surface area contributed by atoms with Gasteiger partial charge in [-0.25, -0.2) is 9.78 Å².